The van der Waals surface area contributed by atoms with Crippen LogP contribution in [0.4, 0.5) is 8.78 Å². The molecule has 0 radical (unpaired) electrons. The quantitative estimate of drug-likeness (QED) is 0.569. The summed E-state index contributed by atoms with van der Waals surface area (Å²) in [4.78, 5) is 1.59. The molecule has 0 aromatic rings. The van der Waals surface area contributed by atoms with E-state index in [4.69, 9.17) is 4.74 Å². The van der Waals surface area contributed by atoms with Crippen molar-refractivity contribution >= 4 is 0 Å². The van der Waals surface area contributed by atoms with Crippen LogP contribution >= 0.6 is 0 Å². The summed E-state index contributed by atoms with van der Waals surface area (Å²) in [6.07, 6.45) is 1.82. The number of nitrogens with zero attached hydrogens (tertiary/aromatic N) is 1. The second-order valence-electron chi connectivity index (χ2n) is 3.59. The molecule has 2 nitrogen and oxygen atoms in total. The van der Waals surface area contributed by atoms with Crippen molar-refractivity contribution in [1.82, 2.24) is 4.90 Å². The van der Waals surface area contributed by atoms with Gasteiger partial charge in [0.05, 0.1) is 6.54 Å². The predicted molar refractivity (Wildman–Crippen MR) is 53.8 cm³/mol. The van der Waals surface area contributed by atoms with E-state index < -0.39 is 12.5 Å². The summed E-state index contributed by atoms with van der Waals surface area (Å²) in [5, 5.41) is 0. The maximum Gasteiger partial charge on any atom is 0.283 e. The lowest BCUT2D eigenvalue weighted by molar-refractivity contribution is -0.0913. The molecule has 0 aliphatic carbocycles. The van der Waals surface area contributed by atoms with Crippen LogP contribution in [0.1, 0.15) is 26.7 Å². The van der Waals surface area contributed by atoms with Crippen molar-refractivity contribution in [2.45, 2.75) is 32.6 Å². The van der Waals surface area contributed by atoms with Gasteiger partial charge in [-0.25, -0.2) is 8.78 Å². The molecule has 0 amide bonds. The summed E-state index contributed by atoms with van der Waals surface area (Å²) in [6.45, 7) is 4.24. The molecule has 0 bridgehead atoms. The van der Waals surface area contributed by atoms with E-state index in [9.17, 15) is 8.78 Å². The summed E-state index contributed by atoms with van der Waals surface area (Å²) in [5.74, 6) is -2.72. The van der Waals surface area contributed by atoms with Gasteiger partial charge in [-0.05, 0) is 20.0 Å². The maximum atomic E-state index is 13.1. The summed E-state index contributed by atoms with van der Waals surface area (Å²) >= 11 is 0. The zero-order valence-corrected chi connectivity index (χ0v) is 9.35. The van der Waals surface area contributed by atoms with Gasteiger partial charge in [0.1, 0.15) is 6.61 Å². The van der Waals surface area contributed by atoms with Crippen molar-refractivity contribution in [1.29, 1.82) is 0 Å². The highest BCUT2D eigenvalue weighted by atomic mass is 19.3. The Morgan fingerprint density at radius 1 is 1.29 bits per heavy atom. The molecule has 0 aliphatic heterocycles. The van der Waals surface area contributed by atoms with Gasteiger partial charge in [0.25, 0.3) is 5.92 Å². The number of ether oxygens (including phenoxy) is 1. The van der Waals surface area contributed by atoms with Gasteiger partial charge in [-0.3, -0.25) is 0 Å². The summed E-state index contributed by atoms with van der Waals surface area (Å²) in [6, 6.07) is 0. The number of halogens is 2. The van der Waals surface area contributed by atoms with Gasteiger partial charge in [-0.1, -0.05) is 20.3 Å². The fourth-order valence-corrected chi connectivity index (χ4v) is 1.02. The van der Waals surface area contributed by atoms with Crippen LogP contribution in [0.5, 0.6) is 0 Å². The predicted octanol–water partition coefficient (Wildman–Crippen LogP) is 2.39. The lowest BCUT2D eigenvalue weighted by Crippen LogP contribution is -2.38. The van der Waals surface area contributed by atoms with Crippen molar-refractivity contribution in [3.05, 3.63) is 0 Å². The molecule has 0 aromatic carbocycles. The van der Waals surface area contributed by atoms with E-state index in [-0.39, 0.29) is 6.54 Å². The van der Waals surface area contributed by atoms with Crippen molar-refractivity contribution in [2.75, 3.05) is 33.4 Å². The number of unbranched alkanes of at least 4 members (excludes halogenated alkanes) is 1. The first-order valence-electron chi connectivity index (χ1n) is 5.16. The average Bonchev–Trinajstić information content (AvgIpc) is 2.12. The lowest BCUT2D eigenvalue weighted by atomic mass is 10.3. The highest BCUT2D eigenvalue weighted by Gasteiger charge is 2.30. The number of alkyl halides is 2. The van der Waals surface area contributed by atoms with E-state index in [0.717, 1.165) is 12.8 Å². The van der Waals surface area contributed by atoms with Crippen molar-refractivity contribution in [3.8, 4) is 0 Å². The smallest absolute Gasteiger partial charge is 0.283 e. The number of hydrogen-bond donors (Lipinski definition) is 0. The molecule has 86 valence electrons. The number of rotatable bonds is 8. The molecule has 0 unspecified atom stereocenters. The molecule has 0 saturated heterocycles. The van der Waals surface area contributed by atoms with Crippen LogP contribution in [0.25, 0.3) is 0 Å². The summed E-state index contributed by atoms with van der Waals surface area (Å²) < 4.78 is 31.2. The molecule has 0 fully saturated rings. The van der Waals surface area contributed by atoms with Crippen molar-refractivity contribution in [3.63, 3.8) is 0 Å². The molecule has 14 heavy (non-hydrogen) atoms. The molecule has 0 aliphatic rings. The van der Waals surface area contributed by atoms with E-state index in [2.05, 4.69) is 0 Å². The summed E-state index contributed by atoms with van der Waals surface area (Å²) in [7, 11) is 1.68. The van der Waals surface area contributed by atoms with Gasteiger partial charge < -0.3 is 9.64 Å². The fraction of sp³-hybridized carbons (Fsp3) is 1.00. The third-order valence-corrected chi connectivity index (χ3v) is 2.00. The SMILES string of the molecule is CCCCOCC(F)(F)CN(C)CC. The first-order chi connectivity index (χ1) is 6.52. The van der Waals surface area contributed by atoms with Gasteiger partial charge in [-0.15, -0.1) is 0 Å². The lowest BCUT2D eigenvalue weighted by Gasteiger charge is -2.22. The van der Waals surface area contributed by atoms with Crippen molar-refractivity contribution < 1.29 is 13.5 Å². The average molecular weight is 209 g/mol. The molecule has 0 aromatic heterocycles. The molecule has 0 N–H and O–H groups in total. The number of hydrogen-bond acceptors (Lipinski definition) is 2. The molecule has 0 atom stereocenters. The Balaban J connectivity index is 3.60. The highest BCUT2D eigenvalue weighted by Crippen LogP contribution is 2.15. The standard InChI is InChI=1S/C10H21F2NO/c1-4-6-7-14-9-10(11,12)8-13(3)5-2/h4-9H2,1-3H3. The van der Waals surface area contributed by atoms with Crippen LogP contribution in [0.15, 0.2) is 0 Å². The normalized spacial score (nSPS) is 12.4. The van der Waals surface area contributed by atoms with E-state index in [1.807, 2.05) is 13.8 Å². The second-order valence-corrected chi connectivity index (χ2v) is 3.59. The first-order valence-corrected chi connectivity index (χ1v) is 5.16. The Morgan fingerprint density at radius 3 is 2.43 bits per heavy atom. The third kappa shape index (κ3) is 7.21. The topological polar surface area (TPSA) is 12.5 Å². The van der Waals surface area contributed by atoms with Crippen LogP contribution in [0, 0.1) is 0 Å². The van der Waals surface area contributed by atoms with E-state index in [1.54, 1.807) is 11.9 Å². The zero-order chi connectivity index (χ0) is 11.0. The zero-order valence-electron chi connectivity index (χ0n) is 9.35. The Kier molecular flexibility index (Phi) is 7.01. The van der Waals surface area contributed by atoms with Gasteiger partial charge in [0.15, 0.2) is 0 Å². The molecule has 0 rings (SSSR count). The molecular weight excluding hydrogens is 188 g/mol. The van der Waals surface area contributed by atoms with E-state index in [1.165, 1.54) is 0 Å². The highest BCUT2D eigenvalue weighted by molar-refractivity contribution is 4.69. The monoisotopic (exact) mass is 209 g/mol. The Bertz CT molecular complexity index is 142. The Labute approximate surface area is 85.2 Å². The van der Waals surface area contributed by atoms with Gasteiger partial charge in [0.2, 0.25) is 0 Å². The van der Waals surface area contributed by atoms with Gasteiger partial charge >= 0.3 is 0 Å². The maximum absolute atomic E-state index is 13.1. The Hall–Kier alpha value is -0.220. The van der Waals surface area contributed by atoms with Crippen LogP contribution in [0.3, 0.4) is 0 Å². The minimum absolute atomic E-state index is 0.227. The molecule has 0 spiro atoms. The molecule has 0 heterocycles. The van der Waals surface area contributed by atoms with Gasteiger partial charge in [0, 0.05) is 6.61 Å². The minimum Gasteiger partial charge on any atom is -0.375 e. The molecule has 0 saturated carbocycles. The van der Waals surface area contributed by atoms with Gasteiger partial charge in [-0.2, -0.15) is 0 Å². The molecular formula is C10H21F2NO. The van der Waals surface area contributed by atoms with Crippen LogP contribution in [0.2, 0.25) is 0 Å². The first kappa shape index (κ1) is 13.8. The minimum atomic E-state index is -2.72. The Morgan fingerprint density at radius 2 is 1.93 bits per heavy atom. The second kappa shape index (κ2) is 7.12. The third-order valence-electron chi connectivity index (χ3n) is 2.00. The van der Waals surface area contributed by atoms with Crippen LogP contribution in [-0.4, -0.2) is 44.2 Å². The van der Waals surface area contributed by atoms with Crippen molar-refractivity contribution in [2.24, 2.45) is 0 Å². The van der Waals surface area contributed by atoms with Crippen LogP contribution in [-0.2, 0) is 4.74 Å². The fourth-order valence-electron chi connectivity index (χ4n) is 1.02. The molecule has 4 heteroatoms. The van der Waals surface area contributed by atoms with E-state index in [0.29, 0.717) is 13.2 Å². The van der Waals surface area contributed by atoms with E-state index >= 15 is 0 Å². The largest absolute Gasteiger partial charge is 0.375 e. The van der Waals surface area contributed by atoms with Crippen LogP contribution < -0.4 is 0 Å². The summed E-state index contributed by atoms with van der Waals surface area (Å²) in [5.41, 5.74) is 0.